The molecule has 0 spiro atoms. The van der Waals surface area contributed by atoms with E-state index in [-0.39, 0.29) is 42.4 Å². The maximum Gasteiger partial charge on any atom is 0.320 e. The van der Waals surface area contributed by atoms with Crippen molar-refractivity contribution < 1.29 is 19.1 Å². The smallest absolute Gasteiger partial charge is 0.320 e. The summed E-state index contributed by atoms with van der Waals surface area (Å²) in [5.74, 6) is -0.632. The summed E-state index contributed by atoms with van der Waals surface area (Å²) in [5.41, 5.74) is 1.10. The molecule has 136 valence electrons. The number of halogens is 1. The first kappa shape index (κ1) is 18.2. The number of piperidine rings is 1. The largest absolute Gasteiger partial charge is 0.469 e. The van der Waals surface area contributed by atoms with E-state index in [4.69, 9.17) is 21.1 Å². The summed E-state index contributed by atoms with van der Waals surface area (Å²) in [6.07, 6.45) is 2.72. The van der Waals surface area contributed by atoms with Gasteiger partial charge in [0.05, 0.1) is 26.2 Å². The van der Waals surface area contributed by atoms with Gasteiger partial charge < -0.3 is 9.47 Å². The van der Waals surface area contributed by atoms with Crippen LogP contribution in [0.3, 0.4) is 0 Å². The highest BCUT2D eigenvalue weighted by Crippen LogP contribution is 2.47. The number of fused-ring (bicyclic) bond motifs is 2. The standard InChI is InChI=1S/C19H24ClNO4/c1-3-25-17(22)11-21-14-8-9-16(21)18(19(23)24-2)15(10-14)12-4-6-13(20)7-5-12/h4-7,14-16,18H,3,8-11H2,1-2H3. The minimum atomic E-state index is -0.278. The van der Waals surface area contributed by atoms with Gasteiger partial charge in [-0.15, -0.1) is 0 Å². The van der Waals surface area contributed by atoms with E-state index >= 15 is 0 Å². The number of hydrogen-bond acceptors (Lipinski definition) is 5. The maximum absolute atomic E-state index is 12.6. The molecule has 2 aliphatic heterocycles. The van der Waals surface area contributed by atoms with Crippen LogP contribution in [0.5, 0.6) is 0 Å². The Bertz CT molecular complexity index is 633. The van der Waals surface area contributed by atoms with E-state index in [9.17, 15) is 9.59 Å². The SMILES string of the molecule is CCOC(=O)CN1C2CCC1C(C(=O)OC)C(c1ccc(Cl)cc1)C2. The number of hydrogen-bond donors (Lipinski definition) is 0. The Morgan fingerprint density at radius 3 is 2.60 bits per heavy atom. The molecule has 1 aromatic rings. The number of ether oxygens (including phenoxy) is 2. The molecule has 0 amide bonds. The van der Waals surface area contributed by atoms with Crippen molar-refractivity contribution in [3.8, 4) is 0 Å². The Morgan fingerprint density at radius 1 is 1.24 bits per heavy atom. The zero-order valence-corrected chi connectivity index (χ0v) is 15.4. The molecule has 4 atom stereocenters. The minimum absolute atomic E-state index is 0.0104. The van der Waals surface area contributed by atoms with Crippen LogP contribution < -0.4 is 0 Å². The highest BCUT2D eigenvalue weighted by molar-refractivity contribution is 6.30. The second kappa shape index (κ2) is 7.75. The van der Waals surface area contributed by atoms with Gasteiger partial charge in [0.1, 0.15) is 0 Å². The van der Waals surface area contributed by atoms with Gasteiger partial charge in [-0.1, -0.05) is 23.7 Å². The molecule has 0 N–H and O–H groups in total. The normalized spacial score (nSPS) is 28.6. The molecule has 0 aliphatic carbocycles. The summed E-state index contributed by atoms with van der Waals surface area (Å²) in [6, 6.07) is 8.00. The van der Waals surface area contributed by atoms with Gasteiger partial charge in [-0.25, -0.2) is 0 Å². The van der Waals surface area contributed by atoms with E-state index in [1.54, 1.807) is 6.92 Å². The zero-order valence-electron chi connectivity index (χ0n) is 14.6. The molecule has 0 radical (unpaired) electrons. The fraction of sp³-hybridized carbons (Fsp3) is 0.579. The lowest BCUT2D eigenvalue weighted by molar-refractivity contribution is -0.154. The molecule has 4 unspecified atom stereocenters. The summed E-state index contributed by atoms with van der Waals surface area (Å²) >= 11 is 6.01. The topological polar surface area (TPSA) is 55.8 Å². The molecular weight excluding hydrogens is 342 g/mol. The second-order valence-electron chi connectivity index (χ2n) is 6.72. The predicted octanol–water partition coefficient (Wildman–Crippen LogP) is 3.01. The molecule has 0 aromatic heterocycles. The Kier molecular flexibility index (Phi) is 5.64. The van der Waals surface area contributed by atoms with Gasteiger partial charge in [0.25, 0.3) is 0 Å². The fourth-order valence-corrected chi connectivity index (χ4v) is 4.55. The third-order valence-corrected chi connectivity index (χ3v) is 5.71. The molecule has 2 bridgehead atoms. The fourth-order valence-electron chi connectivity index (χ4n) is 4.43. The lowest BCUT2D eigenvalue weighted by Gasteiger charge is -2.43. The van der Waals surface area contributed by atoms with E-state index in [0.29, 0.717) is 11.6 Å². The number of carbonyl (C=O) groups excluding carboxylic acids is 2. The van der Waals surface area contributed by atoms with Crippen LogP contribution in [0.15, 0.2) is 24.3 Å². The van der Waals surface area contributed by atoms with Crippen molar-refractivity contribution in [2.45, 2.75) is 44.2 Å². The van der Waals surface area contributed by atoms with Gasteiger partial charge in [0.2, 0.25) is 0 Å². The first-order valence-electron chi connectivity index (χ1n) is 8.79. The highest BCUT2D eigenvalue weighted by Gasteiger charge is 2.51. The van der Waals surface area contributed by atoms with E-state index in [0.717, 1.165) is 24.8 Å². The van der Waals surface area contributed by atoms with Gasteiger partial charge in [-0.3, -0.25) is 14.5 Å². The number of nitrogens with zero attached hydrogens (tertiary/aromatic N) is 1. The van der Waals surface area contributed by atoms with Crippen molar-refractivity contribution in [2.24, 2.45) is 5.92 Å². The Morgan fingerprint density at radius 2 is 1.96 bits per heavy atom. The van der Waals surface area contributed by atoms with E-state index in [1.165, 1.54) is 7.11 Å². The average molecular weight is 366 g/mol. The summed E-state index contributed by atoms with van der Waals surface area (Å²) in [6.45, 7) is 2.41. The van der Waals surface area contributed by atoms with Crippen molar-refractivity contribution in [1.82, 2.24) is 4.90 Å². The first-order valence-corrected chi connectivity index (χ1v) is 9.17. The molecule has 1 aromatic carbocycles. The molecule has 2 fully saturated rings. The monoisotopic (exact) mass is 365 g/mol. The molecular formula is C19H24ClNO4. The van der Waals surface area contributed by atoms with Crippen LogP contribution in [0.2, 0.25) is 5.02 Å². The number of methoxy groups -OCH3 is 1. The van der Waals surface area contributed by atoms with Crippen LogP contribution in [0.25, 0.3) is 0 Å². The van der Waals surface area contributed by atoms with Gasteiger partial charge >= 0.3 is 11.9 Å². The minimum Gasteiger partial charge on any atom is -0.469 e. The molecule has 6 heteroatoms. The van der Waals surface area contributed by atoms with E-state index < -0.39 is 0 Å². The van der Waals surface area contributed by atoms with Crippen molar-refractivity contribution >= 4 is 23.5 Å². The molecule has 5 nitrogen and oxygen atoms in total. The van der Waals surface area contributed by atoms with Crippen LogP contribution in [0, 0.1) is 5.92 Å². The number of benzene rings is 1. The lowest BCUT2D eigenvalue weighted by Crippen LogP contribution is -2.52. The van der Waals surface area contributed by atoms with Crippen LogP contribution in [-0.4, -0.2) is 49.2 Å². The lowest BCUT2D eigenvalue weighted by atomic mass is 9.76. The first-order chi connectivity index (χ1) is 12.0. The van der Waals surface area contributed by atoms with Crippen molar-refractivity contribution in [1.29, 1.82) is 0 Å². The Labute approximate surface area is 153 Å². The van der Waals surface area contributed by atoms with Crippen LogP contribution in [-0.2, 0) is 19.1 Å². The molecule has 2 saturated heterocycles. The molecule has 25 heavy (non-hydrogen) atoms. The summed E-state index contributed by atoms with van der Waals surface area (Å²) in [4.78, 5) is 26.7. The predicted molar refractivity (Wildman–Crippen MR) is 94.5 cm³/mol. The van der Waals surface area contributed by atoms with Crippen molar-refractivity contribution in [3.05, 3.63) is 34.9 Å². The molecule has 2 aliphatic rings. The average Bonchev–Trinajstić information content (AvgIpc) is 2.86. The van der Waals surface area contributed by atoms with E-state index in [1.807, 2.05) is 24.3 Å². The van der Waals surface area contributed by atoms with Crippen LogP contribution >= 0.6 is 11.6 Å². The van der Waals surface area contributed by atoms with Gasteiger partial charge in [-0.05, 0) is 43.9 Å². The molecule has 2 heterocycles. The number of carbonyl (C=O) groups is 2. The maximum atomic E-state index is 12.6. The Hall–Kier alpha value is -1.59. The summed E-state index contributed by atoms with van der Waals surface area (Å²) in [7, 11) is 1.43. The van der Waals surface area contributed by atoms with Gasteiger partial charge in [0.15, 0.2) is 0 Å². The zero-order chi connectivity index (χ0) is 18.0. The molecule has 0 saturated carbocycles. The quantitative estimate of drug-likeness (QED) is 0.751. The van der Waals surface area contributed by atoms with Gasteiger partial charge in [0, 0.05) is 23.0 Å². The van der Waals surface area contributed by atoms with Crippen molar-refractivity contribution in [3.63, 3.8) is 0 Å². The van der Waals surface area contributed by atoms with Crippen LogP contribution in [0.4, 0.5) is 0 Å². The summed E-state index contributed by atoms with van der Waals surface area (Å²) in [5, 5.41) is 0.682. The highest BCUT2D eigenvalue weighted by atomic mass is 35.5. The third-order valence-electron chi connectivity index (χ3n) is 5.45. The third kappa shape index (κ3) is 3.67. The number of esters is 2. The summed E-state index contributed by atoms with van der Waals surface area (Å²) < 4.78 is 10.2. The molecule has 3 rings (SSSR count). The van der Waals surface area contributed by atoms with E-state index in [2.05, 4.69) is 4.90 Å². The second-order valence-corrected chi connectivity index (χ2v) is 7.16. The number of rotatable bonds is 5. The van der Waals surface area contributed by atoms with Crippen LogP contribution in [0.1, 0.15) is 37.7 Å². The van der Waals surface area contributed by atoms with Crippen molar-refractivity contribution in [2.75, 3.05) is 20.3 Å². The Balaban J connectivity index is 1.86. The van der Waals surface area contributed by atoms with Gasteiger partial charge in [-0.2, -0.15) is 0 Å².